The van der Waals surface area contributed by atoms with Crippen molar-refractivity contribution in [1.29, 1.82) is 0 Å². The smallest absolute Gasteiger partial charge is 0.125 e. The van der Waals surface area contributed by atoms with Crippen molar-refractivity contribution in [3.63, 3.8) is 0 Å². The van der Waals surface area contributed by atoms with E-state index in [9.17, 15) is 30.6 Å². The van der Waals surface area contributed by atoms with Crippen molar-refractivity contribution in [1.82, 2.24) is 0 Å². The molecule has 166 valence electrons. The molecule has 2 aromatic carbocycles. The van der Waals surface area contributed by atoms with Gasteiger partial charge in [-0.1, -0.05) is 36.4 Å². The average molecular weight is 419 g/mol. The monoisotopic (exact) mass is 418 g/mol. The van der Waals surface area contributed by atoms with Gasteiger partial charge in [-0.25, -0.2) is 0 Å². The Bertz CT molecular complexity index is 867. The third-order valence-electron chi connectivity index (χ3n) is 6.15. The van der Waals surface area contributed by atoms with Crippen molar-refractivity contribution in [2.45, 2.75) is 63.9 Å². The molecule has 0 saturated heterocycles. The predicted molar refractivity (Wildman–Crippen MR) is 115 cm³/mol. The molecule has 0 unspecified atom stereocenters. The minimum absolute atomic E-state index is 0.140. The third kappa shape index (κ3) is 5.09. The summed E-state index contributed by atoms with van der Waals surface area (Å²) < 4.78 is 0. The first-order chi connectivity index (χ1) is 14.0. The molecule has 4 atom stereocenters. The van der Waals surface area contributed by atoms with Gasteiger partial charge >= 0.3 is 0 Å². The number of aryl methyl sites for hydroxylation is 4. The normalized spacial score (nSPS) is 17.8. The number of hydrogen-bond donors (Lipinski definition) is 6. The van der Waals surface area contributed by atoms with E-state index in [0.29, 0.717) is 11.1 Å². The fraction of sp³-hybridized carbons (Fsp3) is 0.500. The van der Waals surface area contributed by atoms with Crippen LogP contribution in [0.25, 0.3) is 0 Å². The van der Waals surface area contributed by atoms with Gasteiger partial charge in [-0.15, -0.1) is 0 Å². The van der Waals surface area contributed by atoms with E-state index < -0.39 is 36.6 Å². The van der Waals surface area contributed by atoms with Gasteiger partial charge in [-0.3, -0.25) is 0 Å². The lowest BCUT2D eigenvalue weighted by Gasteiger charge is -2.44. The van der Waals surface area contributed by atoms with Crippen LogP contribution >= 0.6 is 0 Å². The number of aliphatic hydroxyl groups excluding tert-OH is 4. The van der Waals surface area contributed by atoms with Gasteiger partial charge in [0.15, 0.2) is 0 Å². The van der Waals surface area contributed by atoms with E-state index in [0.717, 1.165) is 22.3 Å². The number of rotatable bonds is 9. The molecular weight excluding hydrogens is 384 g/mol. The molecule has 6 nitrogen and oxygen atoms in total. The summed E-state index contributed by atoms with van der Waals surface area (Å²) in [6, 6.07) is 10.9. The molecule has 0 radical (unpaired) electrons. The van der Waals surface area contributed by atoms with Crippen molar-refractivity contribution in [2.75, 3.05) is 13.2 Å². The fourth-order valence-corrected chi connectivity index (χ4v) is 3.77. The standard InChI is InChI=1S/C24H34O6/c1-15-5-7-19(9-17(15)3)11-23(29,14-26)22(28)24(30,21(27)13-25)12-20-8-6-16(2)18(4)10-20/h5-10,21-22,25-30H,11-14H2,1-4H3/t21-,22-,23+,24-/m1/s1. The van der Waals surface area contributed by atoms with Gasteiger partial charge < -0.3 is 30.6 Å². The largest absolute Gasteiger partial charge is 0.394 e. The van der Waals surface area contributed by atoms with Crippen molar-refractivity contribution in [2.24, 2.45) is 0 Å². The van der Waals surface area contributed by atoms with Crippen LogP contribution in [0.15, 0.2) is 36.4 Å². The second-order valence-electron chi connectivity index (χ2n) is 8.54. The topological polar surface area (TPSA) is 121 Å². The number of hydrogen-bond acceptors (Lipinski definition) is 6. The van der Waals surface area contributed by atoms with Crippen LogP contribution in [-0.4, -0.2) is 67.3 Å². The Morgan fingerprint density at radius 1 is 0.733 bits per heavy atom. The van der Waals surface area contributed by atoms with E-state index in [4.69, 9.17) is 0 Å². The molecule has 2 rings (SSSR count). The van der Waals surface area contributed by atoms with Gasteiger partial charge in [0.05, 0.1) is 13.2 Å². The molecule has 0 fully saturated rings. The maximum Gasteiger partial charge on any atom is 0.125 e. The van der Waals surface area contributed by atoms with Gasteiger partial charge in [0.1, 0.15) is 23.4 Å². The minimum Gasteiger partial charge on any atom is -0.394 e. The summed E-state index contributed by atoms with van der Waals surface area (Å²) in [5.41, 5.74) is 0.943. The van der Waals surface area contributed by atoms with Crippen LogP contribution in [0.2, 0.25) is 0 Å². The summed E-state index contributed by atoms with van der Waals surface area (Å²) >= 11 is 0. The molecule has 6 heteroatoms. The van der Waals surface area contributed by atoms with Gasteiger partial charge in [-0.2, -0.15) is 0 Å². The molecule has 0 aliphatic rings. The number of aliphatic hydroxyl groups is 6. The van der Waals surface area contributed by atoms with Crippen LogP contribution in [0.3, 0.4) is 0 Å². The molecule has 0 spiro atoms. The van der Waals surface area contributed by atoms with Gasteiger partial charge in [0.25, 0.3) is 0 Å². The zero-order valence-corrected chi connectivity index (χ0v) is 18.1. The molecule has 0 aliphatic heterocycles. The van der Waals surface area contributed by atoms with E-state index in [1.807, 2.05) is 52.0 Å². The Morgan fingerprint density at radius 2 is 1.20 bits per heavy atom. The molecule has 0 saturated carbocycles. The van der Waals surface area contributed by atoms with Gasteiger partial charge in [-0.05, 0) is 61.1 Å². The van der Waals surface area contributed by atoms with Gasteiger partial charge in [0.2, 0.25) is 0 Å². The summed E-state index contributed by atoms with van der Waals surface area (Å²) in [4.78, 5) is 0. The van der Waals surface area contributed by atoms with Crippen LogP contribution < -0.4 is 0 Å². The Kier molecular flexibility index (Phi) is 7.80. The molecule has 0 aliphatic carbocycles. The lowest BCUT2D eigenvalue weighted by atomic mass is 9.74. The second kappa shape index (κ2) is 9.56. The molecule has 30 heavy (non-hydrogen) atoms. The summed E-state index contributed by atoms with van der Waals surface area (Å²) in [5, 5.41) is 63.3. The highest BCUT2D eigenvalue weighted by atomic mass is 16.4. The highest BCUT2D eigenvalue weighted by molar-refractivity contribution is 5.33. The van der Waals surface area contributed by atoms with Crippen molar-refractivity contribution >= 4 is 0 Å². The first-order valence-corrected chi connectivity index (χ1v) is 10.1. The van der Waals surface area contributed by atoms with Crippen molar-refractivity contribution in [3.05, 3.63) is 69.8 Å². The van der Waals surface area contributed by atoms with Crippen LogP contribution in [0.5, 0.6) is 0 Å². The van der Waals surface area contributed by atoms with E-state index in [1.54, 1.807) is 12.1 Å². The maximum absolute atomic E-state index is 11.3. The van der Waals surface area contributed by atoms with E-state index in [-0.39, 0.29) is 12.8 Å². The van der Waals surface area contributed by atoms with Crippen molar-refractivity contribution < 1.29 is 30.6 Å². The summed E-state index contributed by atoms with van der Waals surface area (Å²) in [7, 11) is 0. The molecule has 0 aromatic heterocycles. The van der Waals surface area contributed by atoms with Crippen LogP contribution in [0.1, 0.15) is 33.4 Å². The van der Waals surface area contributed by atoms with Crippen molar-refractivity contribution in [3.8, 4) is 0 Å². The molecule has 2 aromatic rings. The Labute approximate surface area is 178 Å². The van der Waals surface area contributed by atoms with Crippen LogP contribution in [0.4, 0.5) is 0 Å². The highest BCUT2D eigenvalue weighted by Crippen LogP contribution is 2.32. The second-order valence-corrected chi connectivity index (χ2v) is 8.54. The Hall–Kier alpha value is -1.80. The van der Waals surface area contributed by atoms with E-state index >= 15 is 0 Å². The maximum atomic E-state index is 11.3. The summed E-state index contributed by atoms with van der Waals surface area (Å²) in [5.74, 6) is 0. The minimum atomic E-state index is -2.28. The Balaban J connectivity index is 2.41. The third-order valence-corrected chi connectivity index (χ3v) is 6.15. The molecule has 6 N–H and O–H groups in total. The highest BCUT2D eigenvalue weighted by Gasteiger charge is 2.52. The molecular formula is C24H34O6. The lowest BCUT2D eigenvalue weighted by Crippen LogP contribution is -2.65. The van der Waals surface area contributed by atoms with Crippen LogP contribution in [0, 0.1) is 27.7 Å². The number of benzene rings is 2. The molecule has 0 bridgehead atoms. The molecule has 0 heterocycles. The van der Waals surface area contributed by atoms with Crippen LogP contribution in [-0.2, 0) is 12.8 Å². The quantitative estimate of drug-likeness (QED) is 0.360. The zero-order valence-electron chi connectivity index (χ0n) is 18.1. The first-order valence-electron chi connectivity index (χ1n) is 10.1. The predicted octanol–water partition coefficient (Wildman–Crippen LogP) is 0.874. The zero-order chi connectivity index (χ0) is 22.7. The van der Waals surface area contributed by atoms with Gasteiger partial charge in [0, 0.05) is 12.8 Å². The lowest BCUT2D eigenvalue weighted by molar-refractivity contribution is -0.223. The fourth-order valence-electron chi connectivity index (χ4n) is 3.77. The first kappa shape index (κ1) is 24.5. The SMILES string of the molecule is Cc1ccc(C[C@](O)(CO)[C@@H](O)[C@@](O)(Cc2ccc(C)c(C)c2)[C@H](O)CO)cc1C. The van der Waals surface area contributed by atoms with E-state index in [1.165, 1.54) is 0 Å². The van der Waals surface area contributed by atoms with E-state index in [2.05, 4.69) is 0 Å². The average Bonchev–Trinajstić information content (AvgIpc) is 2.72. The summed E-state index contributed by atoms with van der Waals surface area (Å²) in [6.07, 6.45) is -4.02. The Morgan fingerprint density at radius 3 is 1.60 bits per heavy atom. The molecule has 0 amide bonds. The summed E-state index contributed by atoms with van der Waals surface area (Å²) in [6.45, 7) is 6.06.